The molecule has 18 heavy (non-hydrogen) atoms. The maximum Gasteiger partial charge on any atom is 0.195 e. The second-order valence-electron chi connectivity index (χ2n) is 3.54. The zero-order valence-electron chi connectivity index (χ0n) is 9.72. The molecule has 0 atom stereocenters. The van der Waals surface area contributed by atoms with Crippen LogP contribution in [0.5, 0.6) is 5.75 Å². The van der Waals surface area contributed by atoms with E-state index in [1.807, 2.05) is 24.3 Å². The molecular weight excluding hydrogens is 268 g/mol. The second kappa shape index (κ2) is 5.85. The molecule has 0 radical (unpaired) electrons. The van der Waals surface area contributed by atoms with Gasteiger partial charge < -0.3 is 4.74 Å². The van der Waals surface area contributed by atoms with Crippen LogP contribution in [0.15, 0.2) is 42.5 Å². The van der Waals surface area contributed by atoms with E-state index in [4.69, 9.17) is 16.3 Å². The number of rotatable bonds is 4. The van der Waals surface area contributed by atoms with Crippen LogP contribution in [0, 0.1) is 0 Å². The van der Waals surface area contributed by atoms with Crippen LogP contribution in [0.2, 0.25) is 4.34 Å². The fourth-order valence-electron chi connectivity index (χ4n) is 1.50. The normalized spacial score (nSPS) is 10.8. The van der Waals surface area contributed by atoms with Crippen LogP contribution in [-0.4, -0.2) is 12.9 Å². The highest BCUT2D eigenvalue weighted by atomic mass is 35.5. The molecule has 0 aliphatic carbocycles. The van der Waals surface area contributed by atoms with Gasteiger partial charge in [0.15, 0.2) is 5.78 Å². The lowest BCUT2D eigenvalue weighted by atomic mass is 10.1. The van der Waals surface area contributed by atoms with E-state index < -0.39 is 0 Å². The van der Waals surface area contributed by atoms with Crippen molar-refractivity contribution >= 4 is 34.8 Å². The fourth-order valence-corrected chi connectivity index (χ4v) is 2.46. The van der Waals surface area contributed by atoms with Crippen molar-refractivity contribution in [2.75, 3.05) is 7.11 Å². The summed E-state index contributed by atoms with van der Waals surface area (Å²) in [5.74, 6) is 0.684. The highest BCUT2D eigenvalue weighted by Crippen LogP contribution is 2.23. The van der Waals surface area contributed by atoms with Gasteiger partial charge in [0.05, 0.1) is 16.3 Å². The van der Waals surface area contributed by atoms with Crippen LogP contribution in [0.25, 0.3) is 6.08 Å². The van der Waals surface area contributed by atoms with Gasteiger partial charge in [-0.2, -0.15) is 0 Å². The van der Waals surface area contributed by atoms with E-state index in [9.17, 15) is 4.79 Å². The summed E-state index contributed by atoms with van der Waals surface area (Å²) in [7, 11) is 1.60. The van der Waals surface area contributed by atoms with E-state index in [0.717, 1.165) is 11.3 Å². The molecule has 1 aromatic carbocycles. The number of ether oxygens (including phenoxy) is 1. The molecule has 0 spiro atoms. The molecule has 0 amide bonds. The highest BCUT2D eigenvalue weighted by Gasteiger charge is 2.05. The van der Waals surface area contributed by atoms with Crippen LogP contribution in [0.4, 0.5) is 0 Å². The summed E-state index contributed by atoms with van der Waals surface area (Å²) in [4.78, 5) is 12.5. The van der Waals surface area contributed by atoms with E-state index in [2.05, 4.69) is 0 Å². The largest absolute Gasteiger partial charge is 0.496 e. The number of benzene rings is 1. The average molecular weight is 279 g/mol. The average Bonchev–Trinajstić information content (AvgIpc) is 2.83. The van der Waals surface area contributed by atoms with Crippen molar-refractivity contribution in [3.8, 4) is 5.75 Å². The van der Waals surface area contributed by atoms with Crippen molar-refractivity contribution in [1.82, 2.24) is 0 Å². The van der Waals surface area contributed by atoms with E-state index in [1.165, 1.54) is 17.4 Å². The van der Waals surface area contributed by atoms with E-state index in [-0.39, 0.29) is 5.78 Å². The summed E-state index contributed by atoms with van der Waals surface area (Å²) in [5.41, 5.74) is 0.871. The van der Waals surface area contributed by atoms with Crippen molar-refractivity contribution in [2.24, 2.45) is 0 Å². The first-order valence-electron chi connectivity index (χ1n) is 5.31. The highest BCUT2D eigenvalue weighted by molar-refractivity contribution is 7.18. The summed E-state index contributed by atoms with van der Waals surface area (Å²) in [6.45, 7) is 0. The van der Waals surface area contributed by atoms with E-state index >= 15 is 0 Å². The third-order valence-corrected chi connectivity index (χ3v) is 3.61. The number of methoxy groups -OCH3 is 1. The molecule has 4 heteroatoms. The maximum atomic E-state index is 11.9. The Labute approximate surface area is 114 Å². The SMILES string of the molecule is COc1ccccc1/C=C/C(=O)c1ccc(Cl)s1. The number of carbonyl (C=O) groups excluding carboxylic acids is 1. The zero-order chi connectivity index (χ0) is 13.0. The van der Waals surface area contributed by atoms with Gasteiger partial charge in [0, 0.05) is 5.56 Å². The second-order valence-corrected chi connectivity index (χ2v) is 5.26. The molecule has 0 bridgehead atoms. The first-order valence-corrected chi connectivity index (χ1v) is 6.51. The standard InChI is InChI=1S/C14H11ClO2S/c1-17-12-5-3-2-4-10(12)6-7-11(16)13-8-9-14(15)18-13/h2-9H,1H3/b7-6+. The van der Waals surface area contributed by atoms with Crippen molar-refractivity contribution in [1.29, 1.82) is 0 Å². The van der Waals surface area contributed by atoms with Gasteiger partial charge in [-0.25, -0.2) is 0 Å². The minimum absolute atomic E-state index is 0.0576. The summed E-state index contributed by atoms with van der Waals surface area (Å²) >= 11 is 7.07. The zero-order valence-corrected chi connectivity index (χ0v) is 11.3. The van der Waals surface area contributed by atoms with Gasteiger partial charge in [-0.05, 0) is 30.4 Å². The Bertz CT molecular complexity index is 587. The summed E-state index contributed by atoms with van der Waals surface area (Å²) < 4.78 is 5.82. The molecule has 0 unspecified atom stereocenters. The molecule has 92 valence electrons. The van der Waals surface area contributed by atoms with Gasteiger partial charge in [-0.1, -0.05) is 29.8 Å². The van der Waals surface area contributed by atoms with Gasteiger partial charge in [0.2, 0.25) is 0 Å². The molecule has 1 heterocycles. The summed E-state index contributed by atoms with van der Waals surface area (Å²) in [6, 6.07) is 11.0. The van der Waals surface area contributed by atoms with Gasteiger partial charge in [-0.15, -0.1) is 11.3 Å². The molecule has 0 saturated carbocycles. The Hall–Kier alpha value is -1.58. The molecule has 0 fully saturated rings. The number of para-hydroxylation sites is 1. The van der Waals surface area contributed by atoms with Crippen molar-refractivity contribution in [2.45, 2.75) is 0 Å². The fraction of sp³-hybridized carbons (Fsp3) is 0.0714. The lowest BCUT2D eigenvalue weighted by molar-refractivity contribution is 0.105. The third kappa shape index (κ3) is 3.00. The van der Waals surface area contributed by atoms with E-state index in [1.54, 1.807) is 25.3 Å². The van der Waals surface area contributed by atoms with Crippen LogP contribution in [0.1, 0.15) is 15.2 Å². The summed E-state index contributed by atoms with van der Waals surface area (Å²) in [6.07, 6.45) is 3.27. The monoisotopic (exact) mass is 278 g/mol. The Kier molecular flexibility index (Phi) is 4.18. The quantitative estimate of drug-likeness (QED) is 0.615. The summed E-state index contributed by atoms with van der Waals surface area (Å²) in [5, 5.41) is 0. The maximum absolute atomic E-state index is 11.9. The first kappa shape index (κ1) is 12.9. The van der Waals surface area contributed by atoms with Crippen molar-refractivity contribution < 1.29 is 9.53 Å². The number of hydrogen-bond donors (Lipinski definition) is 0. The lowest BCUT2D eigenvalue weighted by Gasteiger charge is -2.02. The Morgan fingerprint density at radius 2 is 2.06 bits per heavy atom. The number of ketones is 1. The number of allylic oxidation sites excluding steroid dienone is 1. The van der Waals surface area contributed by atoms with Crippen molar-refractivity contribution in [3.05, 3.63) is 57.3 Å². The minimum atomic E-state index is -0.0576. The first-order chi connectivity index (χ1) is 8.70. The number of halogens is 1. The number of carbonyl (C=O) groups is 1. The molecular formula is C14H11ClO2S. The van der Waals surface area contributed by atoms with Crippen LogP contribution >= 0.6 is 22.9 Å². The van der Waals surface area contributed by atoms with E-state index in [0.29, 0.717) is 9.21 Å². The molecule has 2 aromatic rings. The Balaban J connectivity index is 2.18. The molecule has 2 nitrogen and oxygen atoms in total. The molecule has 0 N–H and O–H groups in total. The predicted octanol–water partition coefficient (Wildman–Crippen LogP) is 4.31. The van der Waals surface area contributed by atoms with Gasteiger partial charge >= 0.3 is 0 Å². The van der Waals surface area contributed by atoms with Crippen molar-refractivity contribution in [3.63, 3.8) is 0 Å². The number of hydrogen-bond acceptors (Lipinski definition) is 3. The Morgan fingerprint density at radius 1 is 1.28 bits per heavy atom. The lowest BCUT2D eigenvalue weighted by Crippen LogP contribution is -1.90. The van der Waals surface area contributed by atoms with Crippen LogP contribution in [0.3, 0.4) is 0 Å². The molecule has 0 aliphatic heterocycles. The van der Waals surface area contributed by atoms with Gasteiger partial charge in [0.1, 0.15) is 5.75 Å². The van der Waals surface area contributed by atoms with Gasteiger partial charge in [-0.3, -0.25) is 4.79 Å². The Morgan fingerprint density at radius 3 is 2.72 bits per heavy atom. The molecule has 0 aliphatic rings. The topological polar surface area (TPSA) is 26.3 Å². The van der Waals surface area contributed by atoms with Crippen LogP contribution in [-0.2, 0) is 0 Å². The molecule has 1 aromatic heterocycles. The molecule has 2 rings (SSSR count). The van der Waals surface area contributed by atoms with Crippen LogP contribution < -0.4 is 4.74 Å². The minimum Gasteiger partial charge on any atom is -0.496 e. The third-order valence-electron chi connectivity index (χ3n) is 2.37. The predicted molar refractivity (Wildman–Crippen MR) is 75.7 cm³/mol. The van der Waals surface area contributed by atoms with Gasteiger partial charge in [0.25, 0.3) is 0 Å². The number of thiophene rings is 1. The molecule has 0 saturated heterocycles. The smallest absolute Gasteiger partial charge is 0.195 e.